The van der Waals surface area contributed by atoms with Crippen LogP contribution in [-0.2, 0) is 9.59 Å². The van der Waals surface area contributed by atoms with Gasteiger partial charge in [0.25, 0.3) is 11.8 Å². The average Bonchev–Trinajstić information content (AvgIpc) is 3.37. The second-order valence-electron chi connectivity index (χ2n) is 8.59. The highest BCUT2D eigenvalue weighted by Gasteiger charge is 2.20. The summed E-state index contributed by atoms with van der Waals surface area (Å²) in [6, 6.07) is 3.89. The van der Waals surface area contributed by atoms with Gasteiger partial charge in [0.15, 0.2) is 16.6 Å². The van der Waals surface area contributed by atoms with E-state index in [2.05, 4.69) is 48.2 Å². The molecule has 40 heavy (non-hydrogen) atoms. The van der Waals surface area contributed by atoms with Crippen LogP contribution in [0.5, 0.6) is 17.2 Å². The van der Waals surface area contributed by atoms with Crippen molar-refractivity contribution in [2.24, 2.45) is 0 Å². The van der Waals surface area contributed by atoms with E-state index in [9.17, 15) is 19.2 Å². The van der Waals surface area contributed by atoms with Crippen molar-refractivity contribution >= 4 is 40.2 Å². The van der Waals surface area contributed by atoms with Crippen molar-refractivity contribution < 1.29 is 43.6 Å². The minimum Gasteiger partial charge on any atom is -0.496 e. The number of carbonyl (C=O) groups excluding carboxylic acids is 2. The zero-order chi connectivity index (χ0) is 30.4. The van der Waals surface area contributed by atoms with E-state index >= 15 is 0 Å². The first-order valence-corrected chi connectivity index (χ1v) is 13.0. The molecular weight excluding hydrogens is 544 g/mol. The van der Waals surface area contributed by atoms with Crippen LogP contribution in [-0.4, -0.2) is 90.4 Å². The third-order valence-corrected chi connectivity index (χ3v) is 6.02. The summed E-state index contributed by atoms with van der Waals surface area (Å²) >= 11 is 1.17. The zero-order valence-electron chi connectivity index (χ0n) is 23.5. The minimum absolute atomic E-state index is 0.255. The van der Waals surface area contributed by atoms with Gasteiger partial charge in [-0.3, -0.25) is 19.8 Å². The van der Waals surface area contributed by atoms with Crippen LogP contribution in [0.1, 0.15) is 48.5 Å². The molecule has 4 N–H and O–H groups in total. The van der Waals surface area contributed by atoms with Crippen molar-refractivity contribution in [3.8, 4) is 17.2 Å². The molecule has 0 bridgehead atoms. The van der Waals surface area contributed by atoms with Gasteiger partial charge in [0.05, 0.1) is 26.9 Å². The van der Waals surface area contributed by atoms with Crippen molar-refractivity contribution in [3.05, 3.63) is 40.9 Å². The van der Waals surface area contributed by atoms with Crippen LogP contribution in [0.25, 0.3) is 0 Å². The number of thiazole rings is 1. The molecule has 0 spiro atoms. The lowest BCUT2D eigenvalue weighted by molar-refractivity contribution is -0.134. The molecule has 2 amide bonds. The van der Waals surface area contributed by atoms with Gasteiger partial charge in [0, 0.05) is 54.8 Å². The SMILES string of the molecule is COc1cc(OC)c(C(=O)Nc2nc(C(=O)NCCN(C(C)C)C(C)C)cs2)cc1OC.O=C(O)/C=C/C(=O)O. The molecule has 0 fully saturated rings. The van der Waals surface area contributed by atoms with Gasteiger partial charge < -0.3 is 29.7 Å². The molecule has 13 nitrogen and oxygen atoms in total. The summed E-state index contributed by atoms with van der Waals surface area (Å²) in [7, 11) is 4.45. The number of benzene rings is 1. The van der Waals surface area contributed by atoms with E-state index in [1.165, 1.54) is 38.7 Å². The fourth-order valence-electron chi connectivity index (χ4n) is 3.45. The van der Waals surface area contributed by atoms with Crippen LogP contribution in [0.2, 0.25) is 0 Å². The molecule has 2 aromatic rings. The molecule has 0 saturated carbocycles. The normalized spacial score (nSPS) is 10.8. The maximum atomic E-state index is 12.8. The molecule has 0 aliphatic heterocycles. The fourth-order valence-corrected chi connectivity index (χ4v) is 4.14. The van der Waals surface area contributed by atoms with Crippen LogP contribution in [0.4, 0.5) is 5.13 Å². The molecule has 0 atom stereocenters. The second kappa shape index (κ2) is 16.7. The van der Waals surface area contributed by atoms with Crippen LogP contribution >= 0.6 is 11.3 Å². The first-order chi connectivity index (χ1) is 18.8. The number of aromatic nitrogens is 1. The van der Waals surface area contributed by atoms with Crippen molar-refractivity contribution in [1.29, 1.82) is 0 Å². The Morgan fingerprint density at radius 2 is 1.43 bits per heavy atom. The first kappa shape index (κ1) is 33.9. The van der Waals surface area contributed by atoms with E-state index in [0.717, 1.165) is 6.54 Å². The third kappa shape index (κ3) is 10.9. The molecular formula is C26H36N4O9S. The summed E-state index contributed by atoms with van der Waals surface area (Å²) in [6.07, 6.45) is 1.12. The fraction of sp³-hybridized carbons (Fsp3) is 0.423. The maximum Gasteiger partial charge on any atom is 0.328 e. The van der Waals surface area contributed by atoms with Gasteiger partial charge in [-0.1, -0.05) is 0 Å². The highest BCUT2D eigenvalue weighted by Crippen LogP contribution is 2.35. The van der Waals surface area contributed by atoms with Crippen molar-refractivity contribution in [2.75, 3.05) is 39.7 Å². The van der Waals surface area contributed by atoms with E-state index in [0.29, 0.717) is 53.2 Å². The second-order valence-corrected chi connectivity index (χ2v) is 9.45. The number of hydrogen-bond donors (Lipinski definition) is 4. The molecule has 220 valence electrons. The summed E-state index contributed by atoms with van der Waals surface area (Å²) in [4.78, 5) is 50.9. The maximum absolute atomic E-state index is 12.8. The standard InChI is InChI=1S/C22H32N4O5S.C4H4O4/c1-13(2)26(14(3)4)9-8-23-21(28)16-12-32-22(24-16)25-20(27)15-10-18(30-6)19(31-7)11-17(15)29-5;5-3(6)1-2-4(7)8/h10-14H,8-9H2,1-7H3,(H,23,28)(H,24,25,27);1-2H,(H,5,6)(H,7,8)/b;2-1+. The Labute approximate surface area is 236 Å². The van der Waals surface area contributed by atoms with Crippen LogP contribution in [0.15, 0.2) is 29.7 Å². The molecule has 0 aliphatic rings. The van der Waals surface area contributed by atoms with E-state index in [1.54, 1.807) is 11.4 Å². The number of carboxylic acids is 2. The Kier molecular flexibility index (Phi) is 14.2. The predicted molar refractivity (Wildman–Crippen MR) is 150 cm³/mol. The molecule has 1 aromatic carbocycles. The molecule has 0 unspecified atom stereocenters. The molecule has 1 heterocycles. The number of methoxy groups -OCH3 is 3. The number of hydrogen-bond acceptors (Lipinski definition) is 10. The van der Waals surface area contributed by atoms with Crippen molar-refractivity contribution in [3.63, 3.8) is 0 Å². The Balaban J connectivity index is 0.000000869. The number of ether oxygens (including phenoxy) is 3. The summed E-state index contributed by atoms with van der Waals surface area (Å²) in [5, 5.41) is 23.1. The lowest BCUT2D eigenvalue weighted by Gasteiger charge is -2.30. The van der Waals surface area contributed by atoms with Gasteiger partial charge >= 0.3 is 11.9 Å². The van der Waals surface area contributed by atoms with Gasteiger partial charge in [0.2, 0.25) is 0 Å². The van der Waals surface area contributed by atoms with Gasteiger partial charge in [0.1, 0.15) is 11.4 Å². The monoisotopic (exact) mass is 580 g/mol. The zero-order valence-corrected chi connectivity index (χ0v) is 24.3. The number of amides is 2. The van der Waals surface area contributed by atoms with E-state index in [-0.39, 0.29) is 17.2 Å². The van der Waals surface area contributed by atoms with Gasteiger partial charge in [-0.15, -0.1) is 11.3 Å². The van der Waals surface area contributed by atoms with Gasteiger partial charge in [-0.2, -0.15) is 0 Å². The predicted octanol–water partition coefficient (Wildman–Crippen LogP) is 2.98. The summed E-state index contributed by atoms with van der Waals surface area (Å²) in [5.74, 6) is -2.06. The largest absolute Gasteiger partial charge is 0.496 e. The first-order valence-electron chi connectivity index (χ1n) is 12.1. The highest BCUT2D eigenvalue weighted by atomic mass is 32.1. The molecule has 2 rings (SSSR count). The smallest absolute Gasteiger partial charge is 0.328 e. The quantitative estimate of drug-likeness (QED) is 0.256. The Hall–Kier alpha value is -4.17. The van der Waals surface area contributed by atoms with Crippen molar-refractivity contribution in [2.45, 2.75) is 39.8 Å². The number of anilines is 1. The van der Waals surface area contributed by atoms with Crippen LogP contribution in [0, 0.1) is 0 Å². The summed E-state index contributed by atoms with van der Waals surface area (Å²) < 4.78 is 15.8. The number of aliphatic carboxylic acids is 2. The van der Waals surface area contributed by atoms with Crippen LogP contribution in [0.3, 0.4) is 0 Å². The Morgan fingerprint density at radius 1 is 0.900 bits per heavy atom. The number of carbonyl (C=O) groups is 4. The number of rotatable bonds is 13. The third-order valence-electron chi connectivity index (χ3n) is 5.26. The summed E-state index contributed by atoms with van der Waals surface area (Å²) in [6.45, 7) is 9.77. The van der Waals surface area contributed by atoms with Gasteiger partial charge in [-0.25, -0.2) is 14.6 Å². The van der Waals surface area contributed by atoms with E-state index in [4.69, 9.17) is 24.4 Å². The number of carboxylic acid groups (broad SMARTS) is 2. The number of nitrogens with one attached hydrogen (secondary N) is 2. The lowest BCUT2D eigenvalue weighted by atomic mass is 10.1. The molecule has 0 saturated heterocycles. The van der Waals surface area contributed by atoms with Crippen LogP contribution < -0.4 is 24.8 Å². The lowest BCUT2D eigenvalue weighted by Crippen LogP contribution is -2.42. The van der Waals surface area contributed by atoms with Gasteiger partial charge in [-0.05, 0) is 27.7 Å². The molecule has 14 heteroatoms. The Bertz CT molecular complexity index is 1170. The number of nitrogens with zero attached hydrogens (tertiary/aromatic N) is 2. The van der Waals surface area contributed by atoms with E-state index in [1.807, 2.05) is 0 Å². The topological polar surface area (TPSA) is 177 Å². The highest BCUT2D eigenvalue weighted by molar-refractivity contribution is 7.14. The molecule has 0 aliphatic carbocycles. The van der Waals surface area contributed by atoms with E-state index < -0.39 is 17.8 Å². The molecule has 1 aromatic heterocycles. The minimum atomic E-state index is -1.26. The molecule has 0 radical (unpaired) electrons. The average molecular weight is 581 g/mol. The Morgan fingerprint density at radius 3 is 1.90 bits per heavy atom. The summed E-state index contributed by atoms with van der Waals surface area (Å²) in [5.41, 5.74) is 0.513. The van der Waals surface area contributed by atoms with Crippen molar-refractivity contribution in [1.82, 2.24) is 15.2 Å².